The van der Waals surface area contributed by atoms with Gasteiger partial charge in [0.15, 0.2) is 0 Å². The lowest BCUT2D eigenvalue weighted by molar-refractivity contribution is 0.409. The molecule has 0 spiro atoms. The summed E-state index contributed by atoms with van der Waals surface area (Å²) in [5, 5.41) is 0. The van der Waals surface area contributed by atoms with Crippen LogP contribution in [0.25, 0.3) is 0 Å². The average molecular weight is 211 g/mol. The van der Waals surface area contributed by atoms with Gasteiger partial charge in [-0.25, -0.2) is 0 Å². The first-order chi connectivity index (χ1) is 7.20. The molecule has 1 unspecified atom stereocenters. The smallest absolute Gasteiger partial charge is 0.00746 e. The van der Waals surface area contributed by atoms with E-state index in [4.69, 9.17) is 5.73 Å². The summed E-state index contributed by atoms with van der Waals surface area (Å²) in [4.78, 5) is 0. The van der Waals surface area contributed by atoms with Gasteiger partial charge >= 0.3 is 0 Å². The first-order valence-corrected chi connectivity index (χ1v) is 6.54. The molecule has 0 radical (unpaired) electrons. The highest BCUT2D eigenvalue weighted by Gasteiger charge is 2.06. The Morgan fingerprint density at radius 1 is 1.13 bits per heavy atom. The Morgan fingerprint density at radius 2 is 1.87 bits per heavy atom. The zero-order valence-electron chi connectivity index (χ0n) is 10.9. The topological polar surface area (TPSA) is 26.0 Å². The molecule has 0 saturated heterocycles. The van der Waals surface area contributed by atoms with Gasteiger partial charge in [0.05, 0.1) is 0 Å². The van der Waals surface area contributed by atoms with E-state index in [0.29, 0.717) is 0 Å². The molecular formula is C14H29N. The SMILES string of the molecule is CCCCCC(CCN)CCC=C(C)C. The van der Waals surface area contributed by atoms with E-state index >= 15 is 0 Å². The molecule has 0 aliphatic rings. The minimum Gasteiger partial charge on any atom is -0.330 e. The minimum atomic E-state index is 0.853. The van der Waals surface area contributed by atoms with Crippen LogP contribution < -0.4 is 5.73 Å². The van der Waals surface area contributed by atoms with E-state index in [1.807, 2.05) is 0 Å². The van der Waals surface area contributed by atoms with Crippen LogP contribution in [0.4, 0.5) is 0 Å². The monoisotopic (exact) mass is 211 g/mol. The van der Waals surface area contributed by atoms with Crippen LogP contribution in [0.5, 0.6) is 0 Å². The van der Waals surface area contributed by atoms with Crippen molar-refractivity contribution in [2.45, 2.75) is 65.7 Å². The third-order valence-corrected chi connectivity index (χ3v) is 2.92. The number of unbranched alkanes of at least 4 members (excludes halogenated alkanes) is 2. The van der Waals surface area contributed by atoms with E-state index in [-0.39, 0.29) is 0 Å². The summed E-state index contributed by atoms with van der Waals surface area (Å²) >= 11 is 0. The van der Waals surface area contributed by atoms with Crippen LogP contribution in [0.15, 0.2) is 11.6 Å². The number of allylic oxidation sites excluding steroid dienone is 2. The van der Waals surface area contributed by atoms with Crippen LogP contribution in [0.2, 0.25) is 0 Å². The van der Waals surface area contributed by atoms with Crippen molar-refractivity contribution in [2.75, 3.05) is 6.54 Å². The second-order valence-electron chi connectivity index (χ2n) is 4.80. The van der Waals surface area contributed by atoms with E-state index in [9.17, 15) is 0 Å². The van der Waals surface area contributed by atoms with Crippen molar-refractivity contribution in [3.05, 3.63) is 11.6 Å². The predicted molar refractivity (Wildman–Crippen MR) is 70.0 cm³/mol. The van der Waals surface area contributed by atoms with Gasteiger partial charge < -0.3 is 5.73 Å². The van der Waals surface area contributed by atoms with Crippen LogP contribution in [-0.2, 0) is 0 Å². The molecular weight excluding hydrogens is 182 g/mol. The third-order valence-electron chi connectivity index (χ3n) is 2.92. The molecule has 0 heterocycles. The van der Waals surface area contributed by atoms with Crippen LogP contribution in [0.3, 0.4) is 0 Å². The van der Waals surface area contributed by atoms with E-state index in [2.05, 4.69) is 26.8 Å². The molecule has 0 aliphatic carbocycles. The molecule has 0 aromatic rings. The zero-order valence-corrected chi connectivity index (χ0v) is 10.9. The van der Waals surface area contributed by atoms with E-state index in [0.717, 1.165) is 12.5 Å². The molecule has 0 fully saturated rings. The molecule has 0 rings (SSSR count). The molecule has 0 aromatic heterocycles. The summed E-state index contributed by atoms with van der Waals surface area (Å²) in [6.07, 6.45) is 11.6. The molecule has 0 aromatic carbocycles. The lowest BCUT2D eigenvalue weighted by Gasteiger charge is -2.14. The fourth-order valence-corrected chi connectivity index (χ4v) is 1.96. The number of rotatable bonds is 9. The zero-order chi connectivity index (χ0) is 11.5. The van der Waals surface area contributed by atoms with Crippen LogP contribution in [0, 0.1) is 5.92 Å². The van der Waals surface area contributed by atoms with Gasteiger partial charge in [0.2, 0.25) is 0 Å². The van der Waals surface area contributed by atoms with Gasteiger partial charge in [0, 0.05) is 0 Å². The number of nitrogens with two attached hydrogens (primary N) is 1. The van der Waals surface area contributed by atoms with Gasteiger partial charge in [0.1, 0.15) is 0 Å². The number of hydrogen-bond donors (Lipinski definition) is 1. The molecule has 0 saturated carbocycles. The lowest BCUT2D eigenvalue weighted by Crippen LogP contribution is -2.08. The minimum absolute atomic E-state index is 0.853. The van der Waals surface area contributed by atoms with Crippen molar-refractivity contribution >= 4 is 0 Å². The van der Waals surface area contributed by atoms with Crippen LogP contribution in [-0.4, -0.2) is 6.54 Å². The first kappa shape index (κ1) is 14.7. The Morgan fingerprint density at radius 3 is 2.40 bits per heavy atom. The van der Waals surface area contributed by atoms with Crippen molar-refractivity contribution in [2.24, 2.45) is 11.7 Å². The summed E-state index contributed by atoms with van der Waals surface area (Å²) in [6.45, 7) is 7.47. The molecule has 1 nitrogen and oxygen atoms in total. The Hall–Kier alpha value is -0.300. The Bertz CT molecular complexity index is 157. The highest BCUT2D eigenvalue weighted by Crippen LogP contribution is 2.19. The van der Waals surface area contributed by atoms with Gasteiger partial charge in [-0.2, -0.15) is 0 Å². The molecule has 1 atom stereocenters. The summed E-state index contributed by atoms with van der Waals surface area (Å²) in [7, 11) is 0. The van der Waals surface area contributed by atoms with Crippen LogP contribution >= 0.6 is 0 Å². The van der Waals surface area contributed by atoms with Gasteiger partial charge in [-0.1, -0.05) is 44.3 Å². The van der Waals surface area contributed by atoms with Gasteiger partial charge in [-0.3, -0.25) is 0 Å². The van der Waals surface area contributed by atoms with Crippen LogP contribution in [0.1, 0.15) is 65.7 Å². The summed E-state index contributed by atoms with van der Waals surface area (Å²) in [5.74, 6) is 0.858. The molecule has 2 N–H and O–H groups in total. The molecule has 90 valence electrons. The molecule has 0 bridgehead atoms. The van der Waals surface area contributed by atoms with Crippen molar-refractivity contribution in [3.8, 4) is 0 Å². The fraction of sp³-hybridized carbons (Fsp3) is 0.857. The lowest BCUT2D eigenvalue weighted by atomic mass is 9.93. The quantitative estimate of drug-likeness (QED) is 0.447. The fourth-order valence-electron chi connectivity index (χ4n) is 1.96. The second kappa shape index (κ2) is 10.2. The Labute approximate surface area is 96.1 Å². The van der Waals surface area contributed by atoms with Gasteiger partial charge in [-0.15, -0.1) is 0 Å². The number of hydrogen-bond acceptors (Lipinski definition) is 1. The standard InChI is InChI=1S/C14H29N/c1-4-5-6-9-14(11-12-15)10-7-8-13(2)3/h8,14H,4-7,9-12,15H2,1-3H3. The predicted octanol–water partition coefficient (Wildman–Crippen LogP) is 4.28. The first-order valence-electron chi connectivity index (χ1n) is 6.54. The van der Waals surface area contributed by atoms with E-state index < -0.39 is 0 Å². The van der Waals surface area contributed by atoms with E-state index in [1.165, 1.54) is 50.5 Å². The highest BCUT2D eigenvalue weighted by molar-refractivity contribution is 4.92. The van der Waals surface area contributed by atoms with Gasteiger partial charge in [-0.05, 0) is 45.6 Å². The largest absolute Gasteiger partial charge is 0.330 e. The van der Waals surface area contributed by atoms with E-state index in [1.54, 1.807) is 0 Å². The molecule has 0 aliphatic heterocycles. The maximum atomic E-state index is 5.65. The highest BCUT2D eigenvalue weighted by atomic mass is 14.5. The Kier molecular flexibility index (Phi) is 10.0. The normalized spacial score (nSPS) is 12.5. The summed E-state index contributed by atoms with van der Waals surface area (Å²) in [6, 6.07) is 0. The van der Waals surface area contributed by atoms with Gasteiger partial charge in [0.25, 0.3) is 0 Å². The molecule has 15 heavy (non-hydrogen) atoms. The average Bonchev–Trinajstić information content (AvgIpc) is 2.17. The molecule has 1 heteroatoms. The van der Waals surface area contributed by atoms with Crippen molar-refractivity contribution in [1.82, 2.24) is 0 Å². The Balaban J connectivity index is 3.67. The maximum Gasteiger partial charge on any atom is -0.00746 e. The third kappa shape index (κ3) is 9.99. The van der Waals surface area contributed by atoms with Crippen molar-refractivity contribution < 1.29 is 0 Å². The summed E-state index contributed by atoms with van der Waals surface area (Å²) in [5.41, 5.74) is 7.09. The second-order valence-corrected chi connectivity index (χ2v) is 4.80. The summed E-state index contributed by atoms with van der Waals surface area (Å²) < 4.78 is 0. The van der Waals surface area contributed by atoms with Crippen molar-refractivity contribution in [3.63, 3.8) is 0 Å². The van der Waals surface area contributed by atoms with Crippen molar-refractivity contribution in [1.29, 1.82) is 0 Å². The molecule has 0 amide bonds. The maximum absolute atomic E-state index is 5.65.